The molecule has 1 aliphatic rings. The molecule has 1 N–H and O–H groups in total. The molecule has 19 heavy (non-hydrogen) atoms. The van der Waals surface area contributed by atoms with Crippen LogP contribution in [0.1, 0.15) is 36.6 Å². The van der Waals surface area contributed by atoms with E-state index in [1.807, 2.05) is 25.7 Å². The van der Waals surface area contributed by atoms with Crippen LogP contribution in [0.15, 0.2) is 12.1 Å². The molecule has 2 heterocycles. The Kier molecular flexibility index (Phi) is 4.16. The number of aryl methyl sites for hydroxylation is 1. The molecule has 5 heteroatoms. The molecular formula is C14H22N2O2S. The number of nitrogens with one attached hydrogen (secondary N) is 1. The van der Waals surface area contributed by atoms with Gasteiger partial charge in [-0.1, -0.05) is 0 Å². The smallest absolute Gasteiger partial charge is 0.410 e. The predicted molar refractivity (Wildman–Crippen MR) is 77.6 cm³/mol. The molecule has 106 valence electrons. The van der Waals surface area contributed by atoms with Gasteiger partial charge in [-0.15, -0.1) is 11.3 Å². The maximum atomic E-state index is 12.3. The molecule has 1 fully saturated rings. The van der Waals surface area contributed by atoms with Gasteiger partial charge in [-0.3, -0.25) is 4.90 Å². The van der Waals surface area contributed by atoms with Crippen LogP contribution in [0, 0.1) is 6.92 Å². The van der Waals surface area contributed by atoms with E-state index in [0.29, 0.717) is 6.54 Å². The standard InChI is InChI=1S/C14H22N2O2S/c1-10-5-6-12(19-10)11-9-15-7-8-16(11)13(17)18-14(2,3)4/h5-6,11,15H,7-9H2,1-4H3. The summed E-state index contributed by atoms with van der Waals surface area (Å²) in [5.41, 5.74) is -0.447. The first-order chi connectivity index (χ1) is 8.87. The molecule has 1 unspecified atom stereocenters. The molecule has 1 aromatic rings. The largest absolute Gasteiger partial charge is 0.444 e. The van der Waals surface area contributed by atoms with Gasteiger partial charge in [-0.05, 0) is 39.8 Å². The van der Waals surface area contributed by atoms with Crippen LogP contribution in [0.4, 0.5) is 4.79 Å². The molecule has 1 aliphatic heterocycles. The number of thiophene rings is 1. The number of nitrogens with zero attached hydrogens (tertiary/aromatic N) is 1. The molecular weight excluding hydrogens is 260 g/mol. The lowest BCUT2D eigenvalue weighted by atomic mass is 10.1. The summed E-state index contributed by atoms with van der Waals surface area (Å²) in [6.45, 7) is 10.1. The fraction of sp³-hybridized carbons (Fsp3) is 0.643. The van der Waals surface area contributed by atoms with Crippen molar-refractivity contribution in [3.63, 3.8) is 0 Å². The molecule has 1 amide bonds. The molecule has 2 rings (SSSR count). The van der Waals surface area contributed by atoms with Gasteiger partial charge in [-0.25, -0.2) is 4.79 Å². The molecule has 0 radical (unpaired) electrons. The van der Waals surface area contributed by atoms with Crippen LogP contribution in [-0.2, 0) is 4.74 Å². The van der Waals surface area contributed by atoms with Gasteiger partial charge >= 0.3 is 6.09 Å². The third kappa shape index (κ3) is 3.70. The fourth-order valence-corrected chi connectivity index (χ4v) is 3.12. The zero-order valence-electron chi connectivity index (χ0n) is 12.0. The monoisotopic (exact) mass is 282 g/mol. The molecule has 1 aromatic heterocycles. The van der Waals surface area contributed by atoms with Crippen molar-refractivity contribution in [2.45, 2.75) is 39.3 Å². The lowest BCUT2D eigenvalue weighted by molar-refractivity contribution is 0.0122. The van der Waals surface area contributed by atoms with Crippen molar-refractivity contribution >= 4 is 17.4 Å². The molecule has 1 saturated heterocycles. The third-order valence-corrected chi connectivity index (χ3v) is 4.06. The first kappa shape index (κ1) is 14.3. The number of rotatable bonds is 1. The van der Waals surface area contributed by atoms with Crippen molar-refractivity contribution in [1.29, 1.82) is 0 Å². The molecule has 0 bridgehead atoms. The average Bonchev–Trinajstić information content (AvgIpc) is 2.73. The van der Waals surface area contributed by atoms with Gasteiger partial charge < -0.3 is 10.1 Å². The number of ether oxygens (including phenoxy) is 1. The number of piperazine rings is 1. The van der Waals surface area contributed by atoms with Gasteiger partial charge in [-0.2, -0.15) is 0 Å². The normalized spacial score (nSPS) is 20.4. The molecule has 0 spiro atoms. The quantitative estimate of drug-likeness (QED) is 0.861. The van der Waals surface area contributed by atoms with Crippen molar-refractivity contribution < 1.29 is 9.53 Å². The third-order valence-electron chi connectivity index (χ3n) is 2.96. The lowest BCUT2D eigenvalue weighted by Crippen LogP contribution is -2.49. The number of carbonyl (C=O) groups is 1. The van der Waals surface area contributed by atoms with Crippen LogP contribution in [0.3, 0.4) is 0 Å². The van der Waals surface area contributed by atoms with Crippen LogP contribution >= 0.6 is 11.3 Å². The van der Waals surface area contributed by atoms with Crippen LogP contribution in [0.25, 0.3) is 0 Å². The van der Waals surface area contributed by atoms with Gasteiger partial charge in [0.25, 0.3) is 0 Å². The van der Waals surface area contributed by atoms with E-state index in [4.69, 9.17) is 4.74 Å². The van der Waals surface area contributed by atoms with Crippen molar-refractivity contribution in [3.8, 4) is 0 Å². The second-order valence-electron chi connectivity index (χ2n) is 5.84. The highest BCUT2D eigenvalue weighted by molar-refractivity contribution is 7.12. The second-order valence-corrected chi connectivity index (χ2v) is 7.16. The molecule has 0 aliphatic carbocycles. The van der Waals surface area contributed by atoms with Crippen LogP contribution in [0.5, 0.6) is 0 Å². The Bertz CT molecular complexity index is 451. The van der Waals surface area contributed by atoms with Crippen molar-refractivity contribution in [2.75, 3.05) is 19.6 Å². The van der Waals surface area contributed by atoms with Gasteiger partial charge in [0, 0.05) is 29.4 Å². The summed E-state index contributed by atoms with van der Waals surface area (Å²) in [5.74, 6) is 0. The Hall–Kier alpha value is -1.07. The Labute approximate surface area is 118 Å². The predicted octanol–water partition coefficient (Wildman–Crippen LogP) is 2.94. The summed E-state index contributed by atoms with van der Waals surface area (Å²) < 4.78 is 5.50. The van der Waals surface area contributed by atoms with Gasteiger partial charge in [0.1, 0.15) is 5.60 Å². The molecule has 0 saturated carbocycles. The maximum Gasteiger partial charge on any atom is 0.410 e. The van der Waals surface area contributed by atoms with Crippen molar-refractivity contribution in [1.82, 2.24) is 10.2 Å². The fourth-order valence-electron chi connectivity index (χ4n) is 2.13. The summed E-state index contributed by atoms with van der Waals surface area (Å²) in [7, 11) is 0. The van der Waals surface area contributed by atoms with E-state index >= 15 is 0 Å². The number of carbonyl (C=O) groups excluding carboxylic acids is 1. The summed E-state index contributed by atoms with van der Waals surface area (Å²) in [6.07, 6.45) is -0.218. The Morgan fingerprint density at radius 2 is 2.21 bits per heavy atom. The zero-order chi connectivity index (χ0) is 14.0. The van der Waals surface area contributed by atoms with Crippen molar-refractivity contribution in [3.05, 3.63) is 21.9 Å². The molecule has 1 atom stereocenters. The lowest BCUT2D eigenvalue weighted by Gasteiger charge is -2.36. The summed E-state index contributed by atoms with van der Waals surface area (Å²) >= 11 is 1.74. The van der Waals surface area contributed by atoms with E-state index in [0.717, 1.165) is 13.1 Å². The molecule has 4 nitrogen and oxygen atoms in total. The van der Waals surface area contributed by atoms with Crippen LogP contribution in [-0.4, -0.2) is 36.2 Å². The van der Waals surface area contributed by atoms with E-state index in [2.05, 4.69) is 24.4 Å². The van der Waals surface area contributed by atoms with E-state index in [1.165, 1.54) is 9.75 Å². The Morgan fingerprint density at radius 1 is 1.47 bits per heavy atom. The van der Waals surface area contributed by atoms with Crippen LogP contribution < -0.4 is 5.32 Å². The van der Waals surface area contributed by atoms with Crippen molar-refractivity contribution in [2.24, 2.45) is 0 Å². The Balaban J connectivity index is 2.14. The number of amides is 1. The summed E-state index contributed by atoms with van der Waals surface area (Å²) in [5, 5.41) is 3.35. The van der Waals surface area contributed by atoms with Gasteiger partial charge in [0.05, 0.1) is 6.04 Å². The highest BCUT2D eigenvalue weighted by atomic mass is 32.1. The maximum absolute atomic E-state index is 12.3. The minimum atomic E-state index is -0.447. The van der Waals surface area contributed by atoms with Gasteiger partial charge in [0.15, 0.2) is 0 Å². The SMILES string of the molecule is Cc1ccc(C2CNCCN2C(=O)OC(C)(C)C)s1. The van der Waals surface area contributed by atoms with E-state index in [9.17, 15) is 4.79 Å². The van der Waals surface area contributed by atoms with E-state index in [-0.39, 0.29) is 12.1 Å². The van der Waals surface area contributed by atoms with E-state index in [1.54, 1.807) is 11.3 Å². The minimum absolute atomic E-state index is 0.0855. The van der Waals surface area contributed by atoms with E-state index < -0.39 is 5.60 Å². The number of hydrogen-bond acceptors (Lipinski definition) is 4. The summed E-state index contributed by atoms with van der Waals surface area (Å²) in [4.78, 5) is 16.6. The molecule has 0 aromatic carbocycles. The minimum Gasteiger partial charge on any atom is -0.444 e. The second kappa shape index (κ2) is 5.51. The first-order valence-corrected chi connectivity index (χ1v) is 7.45. The van der Waals surface area contributed by atoms with Gasteiger partial charge in [0.2, 0.25) is 0 Å². The summed E-state index contributed by atoms with van der Waals surface area (Å²) in [6, 6.07) is 4.29. The topological polar surface area (TPSA) is 41.6 Å². The number of hydrogen-bond donors (Lipinski definition) is 1. The Morgan fingerprint density at radius 3 is 2.79 bits per heavy atom. The van der Waals surface area contributed by atoms with Crippen LogP contribution in [0.2, 0.25) is 0 Å². The highest BCUT2D eigenvalue weighted by Gasteiger charge is 2.31. The average molecular weight is 282 g/mol. The highest BCUT2D eigenvalue weighted by Crippen LogP contribution is 2.29. The first-order valence-electron chi connectivity index (χ1n) is 6.63. The zero-order valence-corrected chi connectivity index (χ0v) is 12.8.